The summed E-state index contributed by atoms with van der Waals surface area (Å²) in [5, 5.41) is 11.0. The standard InChI is InChI=1S/C27H22N4/c1-18-12-13-22-8-4-6-10-24(22)30(18)26-14-21(16-28)15-27(20(26)3)31-19(2)17-29-23-9-5-7-11-25(23)31/h4-15,17H,1-3H3/q+2. The third-order valence-corrected chi connectivity index (χ3v) is 5.86. The Kier molecular flexibility index (Phi) is 4.45. The van der Waals surface area contributed by atoms with Crippen molar-refractivity contribution in [3.63, 3.8) is 0 Å². The number of hydrogen-bond donors (Lipinski definition) is 0. The number of aryl methyl sites for hydroxylation is 2. The molecule has 5 aromatic rings. The van der Waals surface area contributed by atoms with Crippen molar-refractivity contribution in [3.05, 3.63) is 102 Å². The lowest BCUT2D eigenvalue weighted by Crippen LogP contribution is -2.40. The molecule has 0 radical (unpaired) electrons. The van der Waals surface area contributed by atoms with Crippen LogP contribution in [0.25, 0.3) is 33.3 Å². The van der Waals surface area contributed by atoms with Crippen LogP contribution in [0.3, 0.4) is 0 Å². The molecule has 0 bridgehead atoms. The fourth-order valence-corrected chi connectivity index (χ4v) is 4.33. The van der Waals surface area contributed by atoms with Gasteiger partial charge in [-0.2, -0.15) is 14.4 Å². The molecule has 0 amide bonds. The van der Waals surface area contributed by atoms with Crippen LogP contribution in [0.1, 0.15) is 22.5 Å². The van der Waals surface area contributed by atoms with Crippen LogP contribution in [0.15, 0.2) is 79.0 Å². The van der Waals surface area contributed by atoms with Crippen LogP contribution in [0.2, 0.25) is 0 Å². The van der Waals surface area contributed by atoms with Gasteiger partial charge in [-0.05, 0) is 25.1 Å². The average molecular weight is 403 g/mol. The smallest absolute Gasteiger partial charge is 0.237 e. The number of para-hydroxylation sites is 3. The molecular weight excluding hydrogens is 380 g/mol. The highest BCUT2D eigenvalue weighted by atomic mass is 15.0. The Bertz CT molecular complexity index is 1420. The molecule has 0 saturated carbocycles. The Morgan fingerprint density at radius 1 is 0.742 bits per heavy atom. The van der Waals surface area contributed by atoms with Crippen molar-refractivity contribution in [1.29, 1.82) is 5.26 Å². The fraction of sp³-hybridized carbons (Fsp3) is 0.111. The van der Waals surface area contributed by atoms with Crippen LogP contribution in [0, 0.1) is 32.1 Å². The Morgan fingerprint density at radius 2 is 1.39 bits per heavy atom. The molecule has 0 fully saturated rings. The minimum Gasteiger partial charge on any atom is -0.243 e. The van der Waals surface area contributed by atoms with Crippen molar-refractivity contribution >= 4 is 21.9 Å². The fourth-order valence-electron chi connectivity index (χ4n) is 4.33. The molecule has 4 heteroatoms. The van der Waals surface area contributed by atoms with Gasteiger partial charge in [-0.25, -0.2) is 4.98 Å². The first kappa shape index (κ1) is 18.9. The van der Waals surface area contributed by atoms with E-state index in [1.807, 2.05) is 49.5 Å². The van der Waals surface area contributed by atoms with Gasteiger partial charge in [0.2, 0.25) is 28.1 Å². The number of benzene rings is 3. The maximum Gasteiger partial charge on any atom is 0.237 e. The van der Waals surface area contributed by atoms with Crippen LogP contribution in [-0.4, -0.2) is 4.98 Å². The average Bonchev–Trinajstić information content (AvgIpc) is 2.80. The number of nitriles is 1. The first-order chi connectivity index (χ1) is 15.1. The zero-order chi connectivity index (χ0) is 21.5. The van der Waals surface area contributed by atoms with E-state index in [0.29, 0.717) is 5.56 Å². The molecule has 2 aromatic heterocycles. The molecule has 0 atom stereocenters. The van der Waals surface area contributed by atoms with Gasteiger partial charge < -0.3 is 0 Å². The molecule has 0 N–H and O–H groups in total. The van der Waals surface area contributed by atoms with E-state index in [0.717, 1.165) is 50.3 Å². The monoisotopic (exact) mass is 402 g/mol. The van der Waals surface area contributed by atoms with Crippen molar-refractivity contribution in [2.75, 3.05) is 0 Å². The van der Waals surface area contributed by atoms with Crippen molar-refractivity contribution in [1.82, 2.24) is 4.98 Å². The van der Waals surface area contributed by atoms with E-state index in [1.54, 1.807) is 0 Å². The molecule has 0 saturated heterocycles. The van der Waals surface area contributed by atoms with Crippen LogP contribution in [0.5, 0.6) is 0 Å². The van der Waals surface area contributed by atoms with Gasteiger partial charge >= 0.3 is 0 Å². The van der Waals surface area contributed by atoms with Crippen molar-refractivity contribution < 1.29 is 9.13 Å². The van der Waals surface area contributed by atoms with Crippen molar-refractivity contribution in [2.45, 2.75) is 20.8 Å². The molecule has 4 nitrogen and oxygen atoms in total. The molecule has 0 aliphatic carbocycles. The lowest BCUT2D eigenvalue weighted by atomic mass is 10.0. The quantitative estimate of drug-likeness (QED) is 0.401. The third-order valence-electron chi connectivity index (χ3n) is 5.86. The van der Waals surface area contributed by atoms with Crippen LogP contribution < -0.4 is 9.13 Å². The van der Waals surface area contributed by atoms with Crippen LogP contribution in [0.4, 0.5) is 0 Å². The second-order valence-corrected chi connectivity index (χ2v) is 7.84. The number of pyridine rings is 1. The zero-order valence-corrected chi connectivity index (χ0v) is 17.8. The maximum absolute atomic E-state index is 9.86. The van der Waals surface area contributed by atoms with Crippen molar-refractivity contribution in [2.24, 2.45) is 0 Å². The second kappa shape index (κ2) is 7.30. The molecule has 0 unspecified atom stereocenters. The predicted molar refractivity (Wildman–Crippen MR) is 121 cm³/mol. The predicted octanol–water partition coefficient (Wildman–Crippen LogP) is 4.74. The van der Waals surface area contributed by atoms with Crippen LogP contribution in [-0.2, 0) is 0 Å². The molecule has 0 aliphatic rings. The highest BCUT2D eigenvalue weighted by Crippen LogP contribution is 2.22. The molecule has 0 aliphatic heterocycles. The maximum atomic E-state index is 9.86. The first-order valence-corrected chi connectivity index (χ1v) is 10.3. The van der Waals surface area contributed by atoms with E-state index < -0.39 is 0 Å². The van der Waals surface area contributed by atoms with E-state index in [2.05, 4.69) is 70.4 Å². The van der Waals surface area contributed by atoms with Gasteiger partial charge in [0.25, 0.3) is 0 Å². The Labute approximate surface area is 181 Å². The number of hydrogen-bond acceptors (Lipinski definition) is 2. The van der Waals surface area contributed by atoms with Gasteiger partial charge in [0.1, 0.15) is 5.52 Å². The van der Waals surface area contributed by atoms with E-state index in [-0.39, 0.29) is 0 Å². The van der Waals surface area contributed by atoms with Gasteiger partial charge in [0.15, 0.2) is 5.69 Å². The highest BCUT2D eigenvalue weighted by molar-refractivity contribution is 5.76. The van der Waals surface area contributed by atoms with Crippen molar-refractivity contribution in [3.8, 4) is 17.4 Å². The Balaban J connectivity index is 1.90. The highest BCUT2D eigenvalue weighted by Gasteiger charge is 2.27. The molecule has 5 rings (SSSR count). The van der Waals surface area contributed by atoms with E-state index >= 15 is 0 Å². The molecule has 0 spiro atoms. The van der Waals surface area contributed by atoms with Crippen LogP contribution >= 0.6 is 0 Å². The SMILES string of the molecule is Cc1c(-[n+]2c(C)ccc3ccccc32)cc(C#N)cc1-[n+]1c(C)cnc2ccccc21. The summed E-state index contributed by atoms with van der Waals surface area (Å²) in [5.74, 6) is 0. The van der Waals surface area contributed by atoms with E-state index in [9.17, 15) is 5.26 Å². The van der Waals surface area contributed by atoms with Gasteiger partial charge in [0.05, 0.1) is 23.4 Å². The van der Waals surface area contributed by atoms with E-state index in [4.69, 9.17) is 0 Å². The third kappa shape index (κ3) is 3.03. The molecule has 3 aromatic carbocycles. The zero-order valence-electron chi connectivity index (χ0n) is 17.8. The van der Waals surface area contributed by atoms with Gasteiger partial charge in [-0.3, -0.25) is 0 Å². The topological polar surface area (TPSA) is 44.4 Å². The second-order valence-electron chi connectivity index (χ2n) is 7.84. The van der Waals surface area contributed by atoms with E-state index in [1.165, 1.54) is 0 Å². The minimum atomic E-state index is 0.628. The summed E-state index contributed by atoms with van der Waals surface area (Å²) in [7, 11) is 0. The van der Waals surface area contributed by atoms with Gasteiger partial charge in [-0.1, -0.05) is 24.3 Å². The number of fused-ring (bicyclic) bond motifs is 2. The van der Waals surface area contributed by atoms with Gasteiger partial charge in [0, 0.05) is 49.6 Å². The minimum absolute atomic E-state index is 0.628. The number of nitrogens with zero attached hydrogens (tertiary/aromatic N) is 4. The summed E-state index contributed by atoms with van der Waals surface area (Å²) in [6.07, 6.45) is 1.89. The lowest BCUT2D eigenvalue weighted by Gasteiger charge is -2.10. The summed E-state index contributed by atoms with van der Waals surface area (Å²) >= 11 is 0. The molecule has 2 heterocycles. The number of aromatic nitrogens is 3. The number of rotatable bonds is 2. The molecular formula is C27H22N4+2. The van der Waals surface area contributed by atoms with Gasteiger partial charge in [-0.15, -0.1) is 0 Å². The Hall–Kier alpha value is -4.10. The summed E-state index contributed by atoms with van der Waals surface area (Å²) in [6, 6.07) is 27.0. The summed E-state index contributed by atoms with van der Waals surface area (Å²) in [5.41, 5.74) is 8.92. The first-order valence-electron chi connectivity index (χ1n) is 10.3. The molecule has 148 valence electrons. The Morgan fingerprint density at radius 3 is 2.13 bits per heavy atom. The summed E-state index contributed by atoms with van der Waals surface area (Å²) in [6.45, 7) is 6.28. The largest absolute Gasteiger partial charge is 0.243 e. The lowest BCUT2D eigenvalue weighted by molar-refractivity contribution is -0.584. The summed E-state index contributed by atoms with van der Waals surface area (Å²) in [4.78, 5) is 4.58. The normalized spacial score (nSPS) is 11.0. The summed E-state index contributed by atoms with van der Waals surface area (Å²) < 4.78 is 4.44. The molecule has 31 heavy (non-hydrogen) atoms.